The molecule has 2 aromatic rings. The van der Waals surface area contributed by atoms with Crippen LogP contribution >= 0.6 is 0 Å². The Morgan fingerprint density at radius 1 is 1.33 bits per heavy atom. The molecule has 0 radical (unpaired) electrons. The number of anilines is 1. The fraction of sp³-hybridized carbons (Fsp3) is 0.409. The first kappa shape index (κ1) is 22.6. The number of alkyl halides is 1. The van der Waals surface area contributed by atoms with Gasteiger partial charge in [0.05, 0.1) is 12.0 Å². The zero-order valence-corrected chi connectivity index (χ0v) is 18.4. The number of likely N-dealkylation sites (N-methyl/N-ethyl adjacent to an activating group) is 1. The fourth-order valence-electron chi connectivity index (χ4n) is 3.85. The SMILES string of the molecule is CN1C(=O)C(NC(=O)C(=N)/N=C\NCc2ccccc2)CCn2nc(CN3CC(F)C3)cc21. The van der Waals surface area contributed by atoms with Crippen molar-refractivity contribution in [3.05, 3.63) is 47.7 Å². The third-order valence-electron chi connectivity index (χ3n) is 5.66. The van der Waals surface area contributed by atoms with E-state index in [1.807, 2.05) is 41.3 Å². The zero-order valence-electron chi connectivity index (χ0n) is 18.4. The van der Waals surface area contributed by atoms with Crippen molar-refractivity contribution < 1.29 is 14.0 Å². The zero-order chi connectivity index (χ0) is 23.4. The number of rotatable bonds is 6. The molecule has 174 valence electrons. The summed E-state index contributed by atoms with van der Waals surface area (Å²) in [5, 5.41) is 17.9. The quantitative estimate of drug-likeness (QED) is 0.438. The molecule has 1 saturated heterocycles. The van der Waals surface area contributed by atoms with E-state index in [4.69, 9.17) is 5.41 Å². The van der Waals surface area contributed by atoms with E-state index >= 15 is 0 Å². The van der Waals surface area contributed by atoms with Crippen molar-refractivity contribution in [1.29, 1.82) is 5.41 Å². The third-order valence-corrected chi connectivity index (χ3v) is 5.66. The van der Waals surface area contributed by atoms with E-state index in [1.165, 1.54) is 11.2 Å². The Bertz CT molecular complexity index is 1050. The number of halogens is 1. The van der Waals surface area contributed by atoms with Crippen LogP contribution in [-0.4, -0.2) is 71.0 Å². The third kappa shape index (κ3) is 5.43. The first-order valence-corrected chi connectivity index (χ1v) is 10.8. The monoisotopic (exact) mass is 454 g/mol. The van der Waals surface area contributed by atoms with Gasteiger partial charge >= 0.3 is 0 Å². The predicted octanol–water partition coefficient (Wildman–Crippen LogP) is 0.683. The van der Waals surface area contributed by atoms with Gasteiger partial charge in [-0.15, -0.1) is 0 Å². The number of likely N-dealkylation sites (tertiary alicyclic amines) is 1. The van der Waals surface area contributed by atoms with Crippen LogP contribution < -0.4 is 15.5 Å². The molecule has 3 heterocycles. The predicted molar refractivity (Wildman–Crippen MR) is 122 cm³/mol. The minimum Gasteiger partial charge on any atom is -0.372 e. The highest BCUT2D eigenvalue weighted by molar-refractivity contribution is 6.38. The Morgan fingerprint density at radius 2 is 2.09 bits per heavy atom. The number of aromatic nitrogens is 2. The Hall–Kier alpha value is -3.60. The molecule has 2 amide bonds. The smallest absolute Gasteiger partial charge is 0.289 e. The summed E-state index contributed by atoms with van der Waals surface area (Å²) in [6.07, 6.45) is 0.862. The van der Waals surface area contributed by atoms with Crippen molar-refractivity contribution in [3.8, 4) is 0 Å². The second-order valence-electron chi connectivity index (χ2n) is 8.19. The number of fused-ring (bicyclic) bond motifs is 1. The first-order valence-electron chi connectivity index (χ1n) is 10.8. The van der Waals surface area contributed by atoms with E-state index in [1.54, 1.807) is 11.7 Å². The van der Waals surface area contributed by atoms with Crippen molar-refractivity contribution in [3.63, 3.8) is 0 Å². The van der Waals surface area contributed by atoms with Gasteiger partial charge in [0.25, 0.3) is 11.8 Å². The summed E-state index contributed by atoms with van der Waals surface area (Å²) in [4.78, 5) is 32.5. The molecule has 3 N–H and O–H groups in total. The van der Waals surface area contributed by atoms with Gasteiger partial charge in [-0.2, -0.15) is 5.10 Å². The van der Waals surface area contributed by atoms with Gasteiger partial charge in [-0.1, -0.05) is 30.3 Å². The van der Waals surface area contributed by atoms with Crippen LogP contribution in [0.3, 0.4) is 0 Å². The summed E-state index contributed by atoms with van der Waals surface area (Å²) in [7, 11) is 1.63. The van der Waals surface area contributed by atoms with Crippen molar-refractivity contribution in [2.24, 2.45) is 4.99 Å². The molecule has 2 aliphatic rings. The maximum absolute atomic E-state index is 13.0. The molecule has 2 aliphatic heterocycles. The number of carbonyl (C=O) groups excluding carboxylic acids is 2. The molecule has 0 aliphatic carbocycles. The number of amides is 2. The molecule has 11 heteroatoms. The van der Waals surface area contributed by atoms with Gasteiger partial charge in [0.15, 0.2) is 0 Å². The number of carbonyl (C=O) groups is 2. The summed E-state index contributed by atoms with van der Waals surface area (Å²) in [6, 6.07) is 10.7. The average Bonchev–Trinajstić information content (AvgIpc) is 3.16. The van der Waals surface area contributed by atoms with Crippen molar-refractivity contribution in [2.75, 3.05) is 25.0 Å². The van der Waals surface area contributed by atoms with Gasteiger partial charge in [-0.05, 0) is 12.0 Å². The number of nitrogens with one attached hydrogen (secondary N) is 3. The fourth-order valence-corrected chi connectivity index (χ4v) is 3.85. The van der Waals surface area contributed by atoms with Crippen LogP contribution in [0.5, 0.6) is 0 Å². The molecule has 1 aromatic heterocycles. The molecule has 1 unspecified atom stereocenters. The maximum atomic E-state index is 13.0. The summed E-state index contributed by atoms with van der Waals surface area (Å²) < 4.78 is 14.8. The van der Waals surface area contributed by atoms with Crippen LogP contribution in [0.2, 0.25) is 0 Å². The molecule has 1 aromatic carbocycles. The van der Waals surface area contributed by atoms with E-state index in [-0.39, 0.29) is 5.91 Å². The second-order valence-corrected chi connectivity index (χ2v) is 8.19. The Balaban J connectivity index is 1.29. The van der Waals surface area contributed by atoms with Gasteiger partial charge in [-0.3, -0.25) is 24.8 Å². The molecule has 1 fully saturated rings. The van der Waals surface area contributed by atoms with Crippen LogP contribution in [0.1, 0.15) is 17.7 Å². The minimum absolute atomic E-state index is 0.291. The molecule has 0 spiro atoms. The number of hydrogen-bond acceptors (Lipinski definition) is 5. The van der Waals surface area contributed by atoms with Gasteiger partial charge in [0.1, 0.15) is 18.0 Å². The lowest BCUT2D eigenvalue weighted by Gasteiger charge is -2.33. The lowest BCUT2D eigenvalue weighted by molar-refractivity contribution is -0.124. The normalized spacial score (nSPS) is 19.2. The summed E-state index contributed by atoms with van der Waals surface area (Å²) in [5.74, 6) is -0.878. The highest BCUT2D eigenvalue weighted by Gasteiger charge is 2.32. The number of nitrogens with zero attached hydrogens (tertiary/aromatic N) is 5. The number of benzene rings is 1. The second kappa shape index (κ2) is 9.90. The van der Waals surface area contributed by atoms with E-state index in [2.05, 4.69) is 20.7 Å². The summed E-state index contributed by atoms with van der Waals surface area (Å²) >= 11 is 0. The van der Waals surface area contributed by atoms with Crippen molar-refractivity contribution >= 4 is 29.8 Å². The molecule has 0 saturated carbocycles. The number of aliphatic imine (C=N–C) groups is 1. The van der Waals surface area contributed by atoms with E-state index < -0.39 is 24.0 Å². The van der Waals surface area contributed by atoms with Gasteiger partial charge < -0.3 is 10.6 Å². The highest BCUT2D eigenvalue weighted by Crippen LogP contribution is 2.23. The summed E-state index contributed by atoms with van der Waals surface area (Å²) in [6.45, 7) is 2.29. The maximum Gasteiger partial charge on any atom is 0.289 e. The number of aryl methyl sites for hydroxylation is 1. The van der Waals surface area contributed by atoms with E-state index in [9.17, 15) is 14.0 Å². The molecular formula is C22H27FN8O2. The van der Waals surface area contributed by atoms with Crippen molar-refractivity contribution in [2.45, 2.75) is 38.3 Å². The molecular weight excluding hydrogens is 427 g/mol. The highest BCUT2D eigenvalue weighted by atomic mass is 19.1. The van der Waals surface area contributed by atoms with Crippen molar-refractivity contribution in [1.82, 2.24) is 25.3 Å². The first-order chi connectivity index (χ1) is 15.9. The van der Waals surface area contributed by atoms with Crippen LogP contribution in [0.15, 0.2) is 41.4 Å². The largest absolute Gasteiger partial charge is 0.372 e. The van der Waals surface area contributed by atoms with E-state index in [0.29, 0.717) is 45.0 Å². The topological polar surface area (TPSA) is 119 Å². The molecule has 0 bridgehead atoms. The molecule has 1 atom stereocenters. The van der Waals surface area contributed by atoms with Crippen LogP contribution in [-0.2, 0) is 29.2 Å². The minimum atomic E-state index is -0.789. The molecule has 33 heavy (non-hydrogen) atoms. The molecule has 10 nitrogen and oxygen atoms in total. The Kier molecular flexibility index (Phi) is 6.78. The average molecular weight is 455 g/mol. The van der Waals surface area contributed by atoms with Crippen LogP contribution in [0.25, 0.3) is 0 Å². The number of hydrogen-bond donors (Lipinski definition) is 3. The van der Waals surface area contributed by atoms with Gasteiger partial charge in [0.2, 0.25) is 5.84 Å². The Labute approximate surface area is 191 Å². The lowest BCUT2D eigenvalue weighted by Crippen LogP contribution is -2.48. The number of amidine groups is 1. The summed E-state index contributed by atoms with van der Waals surface area (Å²) in [5.41, 5.74) is 1.82. The Morgan fingerprint density at radius 3 is 2.82 bits per heavy atom. The van der Waals surface area contributed by atoms with Crippen LogP contribution in [0.4, 0.5) is 10.2 Å². The van der Waals surface area contributed by atoms with Gasteiger partial charge in [-0.25, -0.2) is 14.1 Å². The standard InChI is InChI=1S/C22H27FN8O2/c1-29-19-9-17(13-30-11-16(23)12-30)28-31(19)8-7-18(22(29)33)27-21(32)20(24)26-14-25-10-15-5-3-2-4-6-15/h2-6,9,14,16,18H,7-8,10-13H2,1H3,(H,27,32)(H2,24,25,26). The van der Waals surface area contributed by atoms with Crippen LogP contribution in [0, 0.1) is 5.41 Å². The van der Waals surface area contributed by atoms with Gasteiger partial charge in [0, 0.05) is 45.8 Å². The molecule has 4 rings (SSSR count). The van der Waals surface area contributed by atoms with E-state index in [0.717, 1.165) is 11.3 Å². The lowest BCUT2D eigenvalue weighted by atomic mass is 10.2.